The quantitative estimate of drug-likeness (QED) is 0.754. The molecule has 0 aliphatic heterocycles. The predicted molar refractivity (Wildman–Crippen MR) is 77.9 cm³/mol. The molecule has 0 aliphatic carbocycles. The molecule has 1 aromatic carbocycles. The molecule has 20 heavy (non-hydrogen) atoms. The number of urea groups is 1. The van der Waals surface area contributed by atoms with Crippen LogP contribution in [0.25, 0.3) is 0 Å². The highest BCUT2D eigenvalue weighted by Gasteiger charge is 2.11. The summed E-state index contributed by atoms with van der Waals surface area (Å²) in [6.07, 6.45) is 1.98. The number of carbonyl (C=O) groups is 2. The van der Waals surface area contributed by atoms with Crippen molar-refractivity contribution in [3.05, 3.63) is 29.6 Å². The van der Waals surface area contributed by atoms with Crippen molar-refractivity contribution in [2.45, 2.75) is 6.92 Å². The lowest BCUT2D eigenvalue weighted by Gasteiger charge is -2.12. The zero-order valence-electron chi connectivity index (χ0n) is 11.3. The van der Waals surface area contributed by atoms with Crippen molar-refractivity contribution < 1.29 is 19.1 Å². The molecule has 1 aromatic rings. The van der Waals surface area contributed by atoms with Crippen LogP contribution >= 0.6 is 11.8 Å². The fourth-order valence-corrected chi connectivity index (χ4v) is 2.21. The number of anilines is 1. The molecule has 0 saturated heterocycles. The fourth-order valence-electron chi connectivity index (χ4n) is 1.53. The van der Waals surface area contributed by atoms with Crippen LogP contribution in [0.15, 0.2) is 18.2 Å². The molecule has 0 aliphatic rings. The summed E-state index contributed by atoms with van der Waals surface area (Å²) in [5, 5.41) is 13.7. The van der Waals surface area contributed by atoms with Crippen molar-refractivity contribution in [3.8, 4) is 0 Å². The molecular weight excluding hydrogens is 283 g/mol. The van der Waals surface area contributed by atoms with Gasteiger partial charge in [-0.25, -0.2) is 14.0 Å². The maximum atomic E-state index is 13.6. The third-order valence-electron chi connectivity index (χ3n) is 2.53. The second-order valence-electron chi connectivity index (χ2n) is 4.40. The normalized spacial score (nSPS) is 11.8. The Morgan fingerprint density at radius 1 is 1.45 bits per heavy atom. The second-order valence-corrected chi connectivity index (χ2v) is 5.31. The number of aromatic carboxylic acids is 1. The fraction of sp³-hybridized carbons (Fsp3) is 0.385. The molecule has 2 amide bonds. The first-order valence-corrected chi connectivity index (χ1v) is 7.40. The average molecular weight is 300 g/mol. The van der Waals surface area contributed by atoms with Crippen LogP contribution in [0.4, 0.5) is 14.9 Å². The van der Waals surface area contributed by atoms with Gasteiger partial charge in [0, 0.05) is 6.54 Å². The molecule has 0 aromatic heterocycles. The zero-order chi connectivity index (χ0) is 15.1. The first-order chi connectivity index (χ1) is 9.43. The molecule has 110 valence electrons. The summed E-state index contributed by atoms with van der Waals surface area (Å²) in [6.45, 7) is 2.49. The number of carboxylic acids is 1. The van der Waals surface area contributed by atoms with E-state index in [1.165, 1.54) is 12.1 Å². The van der Waals surface area contributed by atoms with E-state index in [1.807, 2.05) is 13.2 Å². The van der Waals surface area contributed by atoms with Crippen molar-refractivity contribution in [2.24, 2.45) is 5.92 Å². The van der Waals surface area contributed by atoms with Crippen molar-refractivity contribution in [2.75, 3.05) is 23.9 Å². The first-order valence-electron chi connectivity index (χ1n) is 6.00. The monoisotopic (exact) mass is 300 g/mol. The molecule has 0 radical (unpaired) electrons. The molecule has 0 heterocycles. The zero-order valence-corrected chi connectivity index (χ0v) is 12.1. The summed E-state index contributed by atoms with van der Waals surface area (Å²) in [5.41, 5.74) is -0.216. The van der Waals surface area contributed by atoms with Crippen molar-refractivity contribution in [1.29, 1.82) is 0 Å². The molecule has 1 atom stereocenters. The Hall–Kier alpha value is -1.76. The third kappa shape index (κ3) is 5.08. The molecule has 5 nitrogen and oxygen atoms in total. The summed E-state index contributed by atoms with van der Waals surface area (Å²) in [6, 6.07) is 2.81. The summed E-state index contributed by atoms with van der Waals surface area (Å²) < 4.78 is 13.6. The lowest BCUT2D eigenvalue weighted by molar-refractivity contribution is 0.0696. The van der Waals surface area contributed by atoms with Crippen molar-refractivity contribution >= 4 is 29.4 Å². The standard InChI is InChI=1S/C13H17FN2O3S/c1-8(7-20-2)6-15-13(19)16-11-4-3-9(12(17)18)5-10(11)14/h3-5,8H,6-7H2,1-2H3,(H,17,18)(H2,15,16,19). The van der Waals surface area contributed by atoms with Gasteiger partial charge in [-0.05, 0) is 36.1 Å². The minimum Gasteiger partial charge on any atom is -0.478 e. The minimum atomic E-state index is -1.22. The molecule has 0 saturated carbocycles. The van der Waals surface area contributed by atoms with Gasteiger partial charge >= 0.3 is 12.0 Å². The van der Waals surface area contributed by atoms with E-state index in [0.29, 0.717) is 12.5 Å². The highest BCUT2D eigenvalue weighted by molar-refractivity contribution is 7.98. The Morgan fingerprint density at radius 3 is 2.70 bits per heavy atom. The molecule has 0 bridgehead atoms. The molecule has 1 unspecified atom stereocenters. The molecule has 1 rings (SSSR count). The molecule has 0 spiro atoms. The number of nitrogens with one attached hydrogen (secondary N) is 2. The molecular formula is C13H17FN2O3S. The summed E-state index contributed by atoms with van der Waals surface area (Å²) in [4.78, 5) is 22.2. The van der Waals surface area contributed by atoms with Crippen LogP contribution in [0.2, 0.25) is 0 Å². The summed E-state index contributed by atoms with van der Waals surface area (Å²) in [7, 11) is 0. The third-order valence-corrected chi connectivity index (χ3v) is 3.43. The van der Waals surface area contributed by atoms with Gasteiger partial charge in [0.1, 0.15) is 5.82 Å². The van der Waals surface area contributed by atoms with Crippen LogP contribution in [0.5, 0.6) is 0 Å². The maximum Gasteiger partial charge on any atom is 0.335 e. The topological polar surface area (TPSA) is 78.4 Å². The number of carbonyl (C=O) groups excluding carboxylic acids is 1. The number of amides is 2. The van der Waals surface area contributed by atoms with Crippen LogP contribution < -0.4 is 10.6 Å². The number of carboxylic acid groups (broad SMARTS) is 1. The van der Waals surface area contributed by atoms with E-state index in [-0.39, 0.29) is 11.3 Å². The number of hydrogen-bond donors (Lipinski definition) is 3. The molecule has 0 fully saturated rings. The average Bonchev–Trinajstić information content (AvgIpc) is 2.39. The SMILES string of the molecule is CSCC(C)CNC(=O)Nc1ccc(C(=O)O)cc1F. The van der Waals surface area contributed by atoms with E-state index in [1.54, 1.807) is 11.8 Å². The van der Waals surface area contributed by atoms with Gasteiger partial charge < -0.3 is 15.7 Å². The summed E-state index contributed by atoms with van der Waals surface area (Å²) in [5.74, 6) is -0.764. The van der Waals surface area contributed by atoms with Gasteiger partial charge in [-0.1, -0.05) is 6.92 Å². The Labute approximate surface area is 120 Å². The highest BCUT2D eigenvalue weighted by atomic mass is 32.2. The van der Waals surface area contributed by atoms with Crippen molar-refractivity contribution in [3.63, 3.8) is 0 Å². The van der Waals surface area contributed by atoms with Crippen LogP contribution in [-0.2, 0) is 0 Å². The van der Waals surface area contributed by atoms with Gasteiger partial charge in [0.15, 0.2) is 0 Å². The number of halogens is 1. The van der Waals surface area contributed by atoms with Gasteiger partial charge in [0.25, 0.3) is 0 Å². The summed E-state index contributed by atoms with van der Waals surface area (Å²) >= 11 is 1.68. The van der Waals surface area contributed by atoms with E-state index in [2.05, 4.69) is 10.6 Å². The Kier molecular flexibility index (Phi) is 6.30. The minimum absolute atomic E-state index is 0.0509. The van der Waals surface area contributed by atoms with E-state index < -0.39 is 17.8 Å². The largest absolute Gasteiger partial charge is 0.478 e. The number of thioether (sulfide) groups is 1. The van der Waals surface area contributed by atoms with Gasteiger partial charge in [0.05, 0.1) is 11.3 Å². The van der Waals surface area contributed by atoms with Crippen molar-refractivity contribution in [1.82, 2.24) is 5.32 Å². The van der Waals surface area contributed by atoms with Gasteiger partial charge in [-0.3, -0.25) is 0 Å². The van der Waals surface area contributed by atoms with Crippen LogP contribution in [0, 0.1) is 11.7 Å². The lowest BCUT2D eigenvalue weighted by Crippen LogP contribution is -2.33. The van der Waals surface area contributed by atoms with Crippen LogP contribution in [0.1, 0.15) is 17.3 Å². The Balaban J connectivity index is 2.56. The van der Waals surface area contributed by atoms with Gasteiger partial charge in [-0.15, -0.1) is 0 Å². The predicted octanol–water partition coefficient (Wildman–Crippen LogP) is 2.64. The first kappa shape index (κ1) is 16.3. The van der Waals surface area contributed by atoms with E-state index >= 15 is 0 Å². The highest BCUT2D eigenvalue weighted by Crippen LogP contribution is 2.15. The van der Waals surface area contributed by atoms with E-state index in [0.717, 1.165) is 11.8 Å². The molecule has 7 heteroatoms. The maximum absolute atomic E-state index is 13.6. The number of rotatable bonds is 6. The van der Waals surface area contributed by atoms with E-state index in [4.69, 9.17) is 5.11 Å². The number of benzene rings is 1. The van der Waals surface area contributed by atoms with Gasteiger partial charge in [0.2, 0.25) is 0 Å². The van der Waals surface area contributed by atoms with Crippen LogP contribution in [-0.4, -0.2) is 35.7 Å². The second kappa shape index (κ2) is 7.74. The molecule has 3 N–H and O–H groups in total. The smallest absolute Gasteiger partial charge is 0.335 e. The van der Waals surface area contributed by atoms with Gasteiger partial charge in [-0.2, -0.15) is 11.8 Å². The number of hydrogen-bond acceptors (Lipinski definition) is 3. The van der Waals surface area contributed by atoms with Crippen LogP contribution in [0.3, 0.4) is 0 Å². The Morgan fingerprint density at radius 2 is 2.15 bits per heavy atom. The lowest BCUT2D eigenvalue weighted by atomic mass is 10.2. The van der Waals surface area contributed by atoms with E-state index in [9.17, 15) is 14.0 Å². The Bertz CT molecular complexity index is 497.